The van der Waals surface area contributed by atoms with E-state index in [0.717, 1.165) is 23.0 Å². The Kier molecular flexibility index (Phi) is 6.21. The van der Waals surface area contributed by atoms with Gasteiger partial charge in [-0.1, -0.05) is 49.4 Å². The zero-order chi connectivity index (χ0) is 21.8. The summed E-state index contributed by atoms with van der Waals surface area (Å²) in [4.78, 5) is 34.4. The molecule has 2 amide bonds. The van der Waals surface area contributed by atoms with E-state index < -0.39 is 0 Å². The van der Waals surface area contributed by atoms with Crippen molar-refractivity contribution in [1.82, 2.24) is 19.8 Å². The second-order valence-corrected chi connectivity index (χ2v) is 8.03. The average molecular weight is 420 g/mol. The number of rotatable bonds is 5. The predicted molar refractivity (Wildman–Crippen MR) is 124 cm³/mol. The van der Waals surface area contributed by atoms with Crippen molar-refractivity contribution in [1.29, 1.82) is 0 Å². The minimum Gasteiger partial charge on any atom is -0.348 e. The standard InChI is InChI=1S/C24H29N5O2/c1-3-18(2)25-24(31)28-15-13-27(14-16-28)22-23(30)29(17-19-9-5-4-6-10-19)21-12-8-7-11-20(21)26-22/h4-12,18H,3,13-17H2,1-2H3,(H,25,31). The first-order chi connectivity index (χ1) is 15.1. The molecule has 1 N–H and O–H groups in total. The minimum absolute atomic E-state index is 0.0399. The molecule has 1 aromatic heterocycles. The number of fused-ring (bicyclic) bond motifs is 1. The van der Waals surface area contributed by atoms with Gasteiger partial charge in [0, 0.05) is 32.2 Å². The topological polar surface area (TPSA) is 70.5 Å². The monoisotopic (exact) mass is 419 g/mol. The number of hydrogen-bond donors (Lipinski definition) is 1. The first-order valence-corrected chi connectivity index (χ1v) is 10.9. The maximum atomic E-state index is 13.5. The Labute approximate surface area is 182 Å². The van der Waals surface area contributed by atoms with E-state index in [1.807, 2.05) is 71.3 Å². The van der Waals surface area contributed by atoms with Crippen LogP contribution >= 0.6 is 0 Å². The maximum absolute atomic E-state index is 13.5. The number of carbonyl (C=O) groups is 1. The Morgan fingerprint density at radius 3 is 2.42 bits per heavy atom. The highest BCUT2D eigenvalue weighted by Gasteiger charge is 2.25. The van der Waals surface area contributed by atoms with Crippen molar-refractivity contribution < 1.29 is 4.79 Å². The molecule has 1 atom stereocenters. The molecule has 3 aromatic rings. The van der Waals surface area contributed by atoms with Crippen LogP contribution in [0.15, 0.2) is 59.4 Å². The molecule has 31 heavy (non-hydrogen) atoms. The van der Waals surface area contributed by atoms with Crippen molar-refractivity contribution >= 4 is 22.9 Å². The van der Waals surface area contributed by atoms with Crippen LogP contribution in [0, 0.1) is 0 Å². The van der Waals surface area contributed by atoms with E-state index in [4.69, 9.17) is 4.98 Å². The van der Waals surface area contributed by atoms with Crippen LogP contribution in [-0.4, -0.2) is 52.7 Å². The quantitative estimate of drug-likeness (QED) is 0.690. The number of amides is 2. The van der Waals surface area contributed by atoms with Crippen molar-refractivity contribution in [3.8, 4) is 0 Å². The molecule has 7 nitrogen and oxygen atoms in total. The lowest BCUT2D eigenvalue weighted by Gasteiger charge is -2.35. The van der Waals surface area contributed by atoms with Crippen LogP contribution in [0.1, 0.15) is 25.8 Å². The van der Waals surface area contributed by atoms with Crippen LogP contribution in [0.5, 0.6) is 0 Å². The van der Waals surface area contributed by atoms with Crippen molar-refractivity contribution in [3.63, 3.8) is 0 Å². The molecule has 162 valence electrons. The third-order valence-corrected chi connectivity index (χ3v) is 5.87. The lowest BCUT2D eigenvalue weighted by Crippen LogP contribution is -2.54. The van der Waals surface area contributed by atoms with Gasteiger partial charge in [-0.3, -0.25) is 9.36 Å². The Morgan fingerprint density at radius 2 is 1.71 bits per heavy atom. The zero-order valence-corrected chi connectivity index (χ0v) is 18.1. The summed E-state index contributed by atoms with van der Waals surface area (Å²) in [7, 11) is 0. The largest absolute Gasteiger partial charge is 0.348 e. The van der Waals surface area contributed by atoms with Crippen LogP contribution in [0.25, 0.3) is 11.0 Å². The molecule has 0 saturated carbocycles. The van der Waals surface area contributed by atoms with Gasteiger partial charge < -0.3 is 15.1 Å². The first-order valence-electron chi connectivity index (χ1n) is 10.9. The fourth-order valence-electron chi connectivity index (χ4n) is 3.83. The Balaban J connectivity index is 1.60. The summed E-state index contributed by atoms with van der Waals surface area (Å²) in [5, 5.41) is 3.01. The Bertz CT molecular complexity index is 1100. The van der Waals surface area contributed by atoms with Gasteiger partial charge in [-0.25, -0.2) is 9.78 Å². The number of benzene rings is 2. The van der Waals surface area contributed by atoms with E-state index in [0.29, 0.717) is 38.5 Å². The molecular formula is C24H29N5O2. The van der Waals surface area contributed by atoms with Crippen LogP contribution in [0.3, 0.4) is 0 Å². The lowest BCUT2D eigenvalue weighted by molar-refractivity contribution is 0.190. The van der Waals surface area contributed by atoms with Gasteiger partial charge in [-0.15, -0.1) is 0 Å². The molecule has 4 rings (SSSR count). The van der Waals surface area contributed by atoms with Gasteiger partial charge in [0.2, 0.25) is 0 Å². The first kappa shape index (κ1) is 20.9. The van der Waals surface area contributed by atoms with Gasteiger partial charge in [0.15, 0.2) is 5.82 Å². The highest BCUT2D eigenvalue weighted by atomic mass is 16.2. The van der Waals surface area contributed by atoms with Crippen LogP contribution in [0.2, 0.25) is 0 Å². The second kappa shape index (κ2) is 9.20. The SMILES string of the molecule is CCC(C)NC(=O)N1CCN(c2nc3ccccc3n(Cc3ccccc3)c2=O)CC1. The van der Waals surface area contributed by atoms with E-state index in [9.17, 15) is 9.59 Å². The van der Waals surface area contributed by atoms with Gasteiger partial charge in [0.1, 0.15) is 0 Å². The zero-order valence-electron chi connectivity index (χ0n) is 18.1. The summed E-state index contributed by atoms with van der Waals surface area (Å²) >= 11 is 0. The summed E-state index contributed by atoms with van der Waals surface area (Å²) in [5.41, 5.74) is 2.59. The van der Waals surface area contributed by atoms with E-state index >= 15 is 0 Å². The number of carbonyl (C=O) groups excluding carboxylic acids is 1. The molecule has 0 radical (unpaired) electrons. The molecule has 2 aromatic carbocycles. The molecule has 1 fully saturated rings. The summed E-state index contributed by atoms with van der Waals surface area (Å²) in [6.45, 7) is 6.84. The molecule has 1 unspecified atom stereocenters. The number of para-hydroxylation sites is 2. The van der Waals surface area contributed by atoms with Gasteiger partial charge in [-0.05, 0) is 31.0 Å². The molecule has 0 spiro atoms. The van der Waals surface area contributed by atoms with Gasteiger partial charge in [-0.2, -0.15) is 0 Å². The van der Waals surface area contributed by atoms with Crippen LogP contribution < -0.4 is 15.8 Å². The number of nitrogens with zero attached hydrogens (tertiary/aromatic N) is 4. The third kappa shape index (κ3) is 4.55. The normalized spacial score (nSPS) is 15.2. The highest BCUT2D eigenvalue weighted by Crippen LogP contribution is 2.17. The fourth-order valence-corrected chi connectivity index (χ4v) is 3.83. The van der Waals surface area contributed by atoms with E-state index in [1.54, 1.807) is 4.57 Å². The van der Waals surface area contributed by atoms with Gasteiger partial charge in [0.05, 0.1) is 17.6 Å². The summed E-state index contributed by atoms with van der Waals surface area (Å²) < 4.78 is 1.80. The molecular weight excluding hydrogens is 390 g/mol. The Hall–Kier alpha value is -3.35. The molecule has 0 aliphatic carbocycles. The van der Waals surface area contributed by atoms with Crippen molar-refractivity contribution in [3.05, 3.63) is 70.5 Å². The van der Waals surface area contributed by atoms with Crippen LogP contribution in [-0.2, 0) is 6.54 Å². The predicted octanol–water partition coefficient (Wildman–Crippen LogP) is 3.07. The van der Waals surface area contributed by atoms with E-state index in [-0.39, 0.29) is 17.6 Å². The molecule has 2 heterocycles. The number of nitrogens with one attached hydrogen (secondary N) is 1. The lowest BCUT2D eigenvalue weighted by atomic mass is 10.2. The van der Waals surface area contributed by atoms with Gasteiger partial charge >= 0.3 is 6.03 Å². The summed E-state index contributed by atoms with van der Waals surface area (Å²) in [6, 6.07) is 17.8. The molecule has 1 saturated heterocycles. The molecule has 1 aliphatic heterocycles. The Morgan fingerprint density at radius 1 is 1.03 bits per heavy atom. The number of aromatic nitrogens is 2. The minimum atomic E-state index is -0.0972. The average Bonchev–Trinajstić information content (AvgIpc) is 2.81. The van der Waals surface area contributed by atoms with Gasteiger partial charge in [0.25, 0.3) is 5.56 Å². The van der Waals surface area contributed by atoms with E-state index in [2.05, 4.69) is 12.2 Å². The fraction of sp³-hybridized carbons (Fsp3) is 0.375. The van der Waals surface area contributed by atoms with Crippen molar-refractivity contribution in [2.75, 3.05) is 31.1 Å². The smallest absolute Gasteiger partial charge is 0.317 e. The molecule has 1 aliphatic rings. The van der Waals surface area contributed by atoms with Crippen LogP contribution in [0.4, 0.5) is 10.6 Å². The summed E-state index contributed by atoms with van der Waals surface area (Å²) in [5.74, 6) is 0.455. The molecule has 0 bridgehead atoms. The summed E-state index contributed by atoms with van der Waals surface area (Å²) in [6.07, 6.45) is 0.896. The number of hydrogen-bond acceptors (Lipinski definition) is 4. The number of anilines is 1. The number of piperazine rings is 1. The second-order valence-electron chi connectivity index (χ2n) is 8.03. The number of urea groups is 1. The van der Waals surface area contributed by atoms with Crippen molar-refractivity contribution in [2.45, 2.75) is 32.9 Å². The molecule has 7 heteroatoms. The third-order valence-electron chi connectivity index (χ3n) is 5.87. The van der Waals surface area contributed by atoms with Crippen molar-refractivity contribution in [2.24, 2.45) is 0 Å². The maximum Gasteiger partial charge on any atom is 0.317 e. The van der Waals surface area contributed by atoms with E-state index in [1.165, 1.54) is 0 Å². The highest BCUT2D eigenvalue weighted by molar-refractivity contribution is 5.77.